The molecule has 0 saturated heterocycles. The molecule has 0 aromatic heterocycles. The van der Waals surface area contributed by atoms with Gasteiger partial charge >= 0.3 is 73.9 Å². The van der Waals surface area contributed by atoms with Crippen LogP contribution in [-0.2, 0) is 66.2 Å². The van der Waals surface area contributed by atoms with Crippen molar-refractivity contribution in [2.45, 2.75) is 46.3 Å². The Morgan fingerprint density at radius 2 is 1.41 bits per heavy atom. The van der Waals surface area contributed by atoms with Crippen molar-refractivity contribution < 1.29 is 89.6 Å². The Morgan fingerprint density at radius 3 is 1.80 bits per heavy atom. The van der Waals surface area contributed by atoms with E-state index in [1.165, 1.54) is 6.07 Å². The number of hydrogen-bond acceptors (Lipinski definition) is 4. The van der Waals surface area contributed by atoms with E-state index in [0.717, 1.165) is 11.6 Å². The third-order valence-electron chi connectivity index (χ3n) is 3.06. The van der Waals surface area contributed by atoms with E-state index in [2.05, 4.69) is 57.4 Å². The standard InChI is InChI=1S/C20H25F2NO4.6CO.2Co/c1-13(2)10-12-26-16-9-8-14(21)18(22)17(16)15(24)7-6-11-23-19(25)27-20(3,4)5;6*1-2;;/h8-10,15,24H,11-12H2,1-5H3,(H,23,25);;;;;;;;. The normalized spacial score (nSPS) is 8.59. The number of ether oxygens (including phenoxy) is 2. The van der Waals surface area contributed by atoms with Crippen molar-refractivity contribution in [3.63, 3.8) is 0 Å². The summed E-state index contributed by atoms with van der Waals surface area (Å²) in [4.78, 5) is 11.5. The van der Waals surface area contributed by atoms with Crippen LogP contribution in [0.2, 0.25) is 0 Å². The fourth-order valence-electron chi connectivity index (χ4n) is 1.88. The minimum absolute atomic E-state index is 0. The number of carbonyl (C=O) groups excluding carboxylic acids is 1. The molecule has 1 atom stereocenters. The topological polar surface area (TPSA) is 187 Å². The summed E-state index contributed by atoms with van der Waals surface area (Å²) in [6.45, 7) is 35.9. The Balaban J connectivity index is -0.000000115. The number of hydrogen-bond donors (Lipinski definition) is 2. The zero-order valence-corrected chi connectivity index (χ0v) is 24.3. The molecule has 15 heteroatoms. The Morgan fingerprint density at radius 1 is 0.976 bits per heavy atom. The van der Waals surface area contributed by atoms with Crippen LogP contribution >= 0.6 is 0 Å². The first-order chi connectivity index (χ1) is 18.5. The number of aliphatic hydroxyl groups excluding tert-OH is 1. The molecular weight excluding hydrogens is 642 g/mol. The fourth-order valence-corrected chi connectivity index (χ4v) is 1.88. The first-order valence-electron chi connectivity index (χ1n) is 9.61. The molecule has 226 valence electrons. The van der Waals surface area contributed by atoms with Gasteiger partial charge < -0.3 is 19.9 Å². The Bertz CT molecular complexity index is 930. The molecule has 2 N–H and O–H groups in total. The molecule has 1 rings (SSSR count). The van der Waals surface area contributed by atoms with Crippen LogP contribution in [0.4, 0.5) is 13.6 Å². The molecule has 0 aliphatic rings. The van der Waals surface area contributed by atoms with Crippen molar-refractivity contribution in [2.75, 3.05) is 13.2 Å². The van der Waals surface area contributed by atoms with Gasteiger partial charge in [0.25, 0.3) is 0 Å². The van der Waals surface area contributed by atoms with Gasteiger partial charge in [0.2, 0.25) is 0 Å². The fraction of sp³-hybridized carbons (Fsp3) is 0.346. The molecule has 0 spiro atoms. The minimum atomic E-state index is -1.62. The predicted molar refractivity (Wildman–Crippen MR) is 121 cm³/mol. The molecule has 1 aromatic carbocycles. The van der Waals surface area contributed by atoms with E-state index in [1.54, 1.807) is 26.8 Å². The molecule has 11 nitrogen and oxygen atoms in total. The van der Waals surface area contributed by atoms with Crippen molar-refractivity contribution in [1.82, 2.24) is 5.32 Å². The zero-order chi connectivity index (χ0) is 32.6. The van der Waals surface area contributed by atoms with Gasteiger partial charge in [0.15, 0.2) is 11.6 Å². The second kappa shape index (κ2) is 41.5. The van der Waals surface area contributed by atoms with E-state index in [9.17, 15) is 18.7 Å². The number of nitrogens with one attached hydrogen (secondary N) is 1. The largest absolute Gasteiger partial charge is 0 e. The number of alkyl carbamates (subject to hydrolysis) is 1. The molecule has 1 amide bonds. The summed E-state index contributed by atoms with van der Waals surface area (Å²) in [5, 5.41) is 12.5. The van der Waals surface area contributed by atoms with E-state index < -0.39 is 29.4 Å². The second-order valence-electron chi connectivity index (χ2n) is 6.94. The first-order valence-corrected chi connectivity index (χ1v) is 9.61. The molecule has 4 radical (unpaired) electrons. The van der Waals surface area contributed by atoms with Crippen molar-refractivity contribution in [2.24, 2.45) is 0 Å². The van der Waals surface area contributed by atoms with Crippen molar-refractivity contribution in [1.29, 1.82) is 0 Å². The summed E-state index contributed by atoms with van der Waals surface area (Å²) in [7, 11) is 0. The zero-order valence-electron chi connectivity index (χ0n) is 22.3. The molecule has 1 aromatic rings. The Labute approximate surface area is 258 Å². The monoisotopic (exact) mass is 667 g/mol. The van der Waals surface area contributed by atoms with Gasteiger partial charge in [-0.25, -0.2) is 13.6 Å². The third kappa shape index (κ3) is 35.0. The van der Waals surface area contributed by atoms with E-state index >= 15 is 0 Å². The maximum atomic E-state index is 14.1. The van der Waals surface area contributed by atoms with E-state index in [0.29, 0.717) is 0 Å². The molecule has 0 fully saturated rings. The molecule has 41 heavy (non-hydrogen) atoms. The molecule has 0 heterocycles. The van der Waals surface area contributed by atoms with Crippen LogP contribution in [0.25, 0.3) is 0 Å². The van der Waals surface area contributed by atoms with Crippen molar-refractivity contribution in [3.8, 4) is 5.75 Å². The van der Waals surface area contributed by atoms with Gasteiger partial charge in [0.05, 0.1) is 5.56 Å². The number of aliphatic hydroxyl groups is 1. The summed E-state index contributed by atoms with van der Waals surface area (Å²) < 4.78 is 83.1. The maximum absolute atomic E-state index is 14.1. The smallest absolute Gasteiger partial charge is 0 e. The minimum Gasteiger partial charge on any atom is 0 e. The third-order valence-corrected chi connectivity index (χ3v) is 3.06. The molecule has 0 saturated carbocycles. The van der Waals surface area contributed by atoms with E-state index in [1.807, 2.05) is 13.8 Å². The summed E-state index contributed by atoms with van der Waals surface area (Å²) in [5.41, 5.74) is -0.0474. The van der Waals surface area contributed by atoms with Gasteiger partial charge in [-0.2, -0.15) is 0 Å². The number of carbonyl (C=O) groups is 1. The molecule has 0 bridgehead atoms. The van der Waals surface area contributed by atoms with Crippen LogP contribution in [0.3, 0.4) is 0 Å². The second-order valence-corrected chi connectivity index (χ2v) is 6.94. The SMILES string of the molecule is CC(C)=CCOc1ccc(F)c(F)c1C(O)[C]=[C]CNC(=O)OC(C)(C)C.[C-]#[O+].[C-]#[O+].[C-]#[O+].[C-]#[O+].[C-]#[O+].[C-]#[O+].[Co].[Co]. The van der Waals surface area contributed by atoms with Crippen LogP contribution < -0.4 is 10.1 Å². The van der Waals surface area contributed by atoms with Crippen LogP contribution in [0.15, 0.2) is 23.8 Å². The van der Waals surface area contributed by atoms with Crippen LogP contribution in [0.1, 0.15) is 46.3 Å². The van der Waals surface area contributed by atoms with Crippen LogP contribution in [0, 0.1) is 63.7 Å². The van der Waals surface area contributed by atoms with Gasteiger partial charge in [-0.15, -0.1) is 0 Å². The molecule has 0 aliphatic carbocycles. The molecule has 1 unspecified atom stereocenters. The van der Waals surface area contributed by atoms with Gasteiger partial charge in [0, 0.05) is 40.1 Å². The summed E-state index contributed by atoms with van der Waals surface area (Å²) >= 11 is 0. The number of halogens is 2. The summed E-state index contributed by atoms with van der Waals surface area (Å²) in [5.74, 6) is -2.35. The average Bonchev–Trinajstić information content (AvgIpc) is 2.94. The first kappa shape index (κ1) is 57.8. The van der Waals surface area contributed by atoms with E-state index in [-0.39, 0.29) is 58.0 Å². The van der Waals surface area contributed by atoms with Gasteiger partial charge in [-0.3, -0.25) is 0 Å². The van der Waals surface area contributed by atoms with Gasteiger partial charge in [0.1, 0.15) is 24.1 Å². The van der Waals surface area contributed by atoms with Crippen LogP contribution in [-0.4, -0.2) is 30.0 Å². The summed E-state index contributed by atoms with van der Waals surface area (Å²) in [6.07, 6.45) is 4.30. The summed E-state index contributed by atoms with van der Waals surface area (Å²) in [6, 6.07) is 2.15. The maximum Gasteiger partial charge on any atom is 0 e. The molecular formula is C26H25Co2F2NO10. The van der Waals surface area contributed by atoms with E-state index in [4.69, 9.17) is 37.4 Å². The number of allylic oxidation sites excluding steroid dienone is 1. The van der Waals surface area contributed by atoms with Crippen molar-refractivity contribution >= 4 is 6.09 Å². The Kier molecular flexibility index (Phi) is 58.6. The number of rotatable bonds is 7. The average molecular weight is 667 g/mol. The number of amides is 1. The van der Waals surface area contributed by atoms with Gasteiger partial charge in [-0.1, -0.05) is 5.57 Å². The predicted octanol–water partition coefficient (Wildman–Crippen LogP) is 3.80. The van der Waals surface area contributed by atoms with Crippen LogP contribution in [0.5, 0.6) is 5.75 Å². The molecule has 0 aliphatic heterocycles. The quantitative estimate of drug-likeness (QED) is 0.255. The van der Waals surface area contributed by atoms with Crippen molar-refractivity contribution in [3.05, 3.63) is 93.0 Å². The van der Waals surface area contributed by atoms with Gasteiger partial charge in [-0.05, 0) is 65.0 Å². The Hall–Kier alpha value is -2.96. The number of benzene rings is 1.